The fourth-order valence-corrected chi connectivity index (χ4v) is 2.36. The third-order valence-corrected chi connectivity index (χ3v) is 3.38. The second-order valence-corrected chi connectivity index (χ2v) is 5.12. The second-order valence-electron chi connectivity index (χ2n) is 3.82. The number of nitrogens with one attached hydrogen (secondary N) is 1. The highest BCUT2D eigenvalue weighted by atomic mass is 32.2. The predicted octanol–water partition coefficient (Wildman–Crippen LogP) is 3.15. The number of thioether (sulfide) groups is 1. The molecular weight excluding hydrogens is 260 g/mol. The largest absolute Gasteiger partial charge is 0.506 e. The molecule has 0 aliphatic rings. The Kier molecular flexibility index (Phi) is 4.41. The summed E-state index contributed by atoms with van der Waals surface area (Å²) < 4.78 is 0. The maximum absolute atomic E-state index is 12.1. The molecule has 0 aliphatic heterocycles. The van der Waals surface area contributed by atoms with Crippen molar-refractivity contribution in [1.82, 2.24) is 4.98 Å². The average Bonchev–Trinajstić information content (AvgIpc) is 2.41. The lowest BCUT2D eigenvalue weighted by atomic mass is 10.2. The number of para-hydroxylation sites is 1. The molecule has 1 aromatic carbocycles. The molecular formula is C14H14N2O2S. The molecule has 1 amide bonds. The van der Waals surface area contributed by atoms with Gasteiger partial charge in [0.25, 0.3) is 5.91 Å². The van der Waals surface area contributed by atoms with Crippen LogP contribution < -0.4 is 5.32 Å². The summed E-state index contributed by atoms with van der Waals surface area (Å²) in [6.07, 6.45) is 2.71. The summed E-state index contributed by atoms with van der Waals surface area (Å²) in [7, 11) is 0. The van der Waals surface area contributed by atoms with Crippen LogP contribution in [0.3, 0.4) is 0 Å². The molecule has 1 heterocycles. The highest BCUT2D eigenvalue weighted by molar-refractivity contribution is 7.99. The molecule has 2 aromatic rings. The number of pyridine rings is 1. The van der Waals surface area contributed by atoms with Crippen molar-refractivity contribution in [2.24, 2.45) is 0 Å². The molecule has 5 heteroatoms. The summed E-state index contributed by atoms with van der Waals surface area (Å²) in [6.45, 7) is 2.06. The minimum absolute atomic E-state index is 0.0242. The molecule has 0 radical (unpaired) electrons. The lowest BCUT2D eigenvalue weighted by molar-refractivity contribution is 0.102. The molecule has 1 aromatic heterocycles. The van der Waals surface area contributed by atoms with Crippen LogP contribution in [0.5, 0.6) is 5.75 Å². The lowest BCUT2D eigenvalue weighted by Gasteiger charge is -2.09. The van der Waals surface area contributed by atoms with E-state index < -0.39 is 0 Å². The third kappa shape index (κ3) is 3.48. The number of anilines is 1. The Bertz CT molecular complexity index is 587. The van der Waals surface area contributed by atoms with E-state index in [1.54, 1.807) is 11.8 Å². The van der Waals surface area contributed by atoms with Gasteiger partial charge in [0.1, 0.15) is 5.75 Å². The van der Waals surface area contributed by atoms with E-state index in [0.717, 1.165) is 16.3 Å². The molecule has 0 fully saturated rings. The maximum Gasteiger partial charge on any atom is 0.257 e. The first-order valence-corrected chi connectivity index (χ1v) is 6.86. The van der Waals surface area contributed by atoms with Crippen molar-refractivity contribution in [1.29, 1.82) is 0 Å². The van der Waals surface area contributed by atoms with Crippen LogP contribution in [0.1, 0.15) is 17.3 Å². The Hall–Kier alpha value is -2.01. The zero-order valence-electron chi connectivity index (χ0n) is 10.5. The van der Waals surface area contributed by atoms with E-state index in [1.165, 1.54) is 18.5 Å². The quantitative estimate of drug-likeness (QED) is 0.841. The Morgan fingerprint density at radius 1 is 1.37 bits per heavy atom. The van der Waals surface area contributed by atoms with E-state index >= 15 is 0 Å². The molecule has 0 aliphatic carbocycles. The number of aromatic nitrogens is 1. The van der Waals surface area contributed by atoms with Crippen molar-refractivity contribution < 1.29 is 9.90 Å². The van der Waals surface area contributed by atoms with Gasteiger partial charge in [0, 0.05) is 11.1 Å². The topological polar surface area (TPSA) is 62.2 Å². The van der Waals surface area contributed by atoms with Gasteiger partial charge in [-0.05, 0) is 24.0 Å². The summed E-state index contributed by atoms with van der Waals surface area (Å²) >= 11 is 1.66. The maximum atomic E-state index is 12.1. The molecule has 0 unspecified atom stereocenters. The molecule has 98 valence electrons. The normalized spacial score (nSPS) is 10.2. The highest BCUT2D eigenvalue weighted by Gasteiger charge is 2.09. The number of hydrogen-bond donors (Lipinski definition) is 2. The number of hydrogen-bond acceptors (Lipinski definition) is 4. The van der Waals surface area contributed by atoms with Gasteiger partial charge in [0.15, 0.2) is 0 Å². The number of amides is 1. The van der Waals surface area contributed by atoms with Gasteiger partial charge >= 0.3 is 0 Å². The molecule has 2 rings (SSSR count). The van der Waals surface area contributed by atoms with Gasteiger partial charge in [0.05, 0.1) is 17.4 Å². The van der Waals surface area contributed by atoms with Crippen LogP contribution in [-0.2, 0) is 0 Å². The smallest absolute Gasteiger partial charge is 0.257 e. The zero-order valence-corrected chi connectivity index (χ0v) is 11.3. The van der Waals surface area contributed by atoms with Gasteiger partial charge in [-0.25, -0.2) is 0 Å². The number of carbonyl (C=O) groups is 1. The van der Waals surface area contributed by atoms with E-state index in [4.69, 9.17) is 0 Å². The molecule has 4 nitrogen and oxygen atoms in total. The standard InChI is InChI=1S/C14H14N2O2S/c1-2-19-13-6-4-3-5-12(13)16-14(18)10-7-11(17)9-15-8-10/h3-9,17H,2H2,1H3,(H,16,18). The predicted molar refractivity (Wildman–Crippen MR) is 76.7 cm³/mol. The summed E-state index contributed by atoms with van der Waals surface area (Å²) in [6, 6.07) is 9.01. The molecule has 0 spiro atoms. The van der Waals surface area contributed by atoms with Crippen molar-refractivity contribution >= 4 is 23.4 Å². The van der Waals surface area contributed by atoms with Gasteiger partial charge in [-0.15, -0.1) is 11.8 Å². The van der Waals surface area contributed by atoms with Crippen molar-refractivity contribution in [3.63, 3.8) is 0 Å². The molecule has 0 saturated carbocycles. The van der Waals surface area contributed by atoms with Crippen LogP contribution in [0.4, 0.5) is 5.69 Å². The van der Waals surface area contributed by atoms with Crippen LogP contribution in [-0.4, -0.2) is 21.8 Å². The van der Waals surface area contributed by atoms with Crippen LogP contribution in [0.15, 0.2) is 47.6 Å². The average molecular weight is 274 g/mol. The van der Waals surface area contributed by atoms with Gasteiger partial charge in [-0.1, -0.05) is 19.1 Å². The first-order chi connectivity index (χ1) is 9.20. The fourth-order valence-electron chi connectivity index (χ4n) is 1.60. The zero-order chi connectivity index (χ0) is 13.7. The fraction of sp³-hybridized carbons (Fsp3) is 0.143. The minimum Gasteiger partial charge on any atom is -0.506 e. The van der Waals surface area contributed by atoms with Crippen molar-refractivity contribution in [3.05, 3.63) is 48.3 Å². The third-order valence-electron chi connectivity index (χ3n) is 2.42. The monoisotopic (exact) mass is 274 g/mol. The number of nitrogens with zero attached hydrogens (tertiary/aromatic N) is 1. The Morgan fingerprint density at radius 2 is 2.16 bits per heavy atom. The van der Waals surface area contributed by atoms with Crippen molar-refractivity contribution in [2.45, 2.75) is 11.8 Å². The van der Waals surface area contributed by atoms with E-state index in [1.807, 2.05) is 24.3 Å². The number of rotatable bonds is 4. The summed E-state index contributed by atoms with van der Waals surface area (Å²) in [5, 5.41) is 12.1. The summed E-state index contributed by atoms with van der Waals surface area (Å²) in [5.74, 6) is 0.622. The van der Waals surface area contributed by atoms with E-state index in [2.05, 4.69) is 17.2 Å². The Balaban J connectivity index is 2.19. The molecule has 19 heavy (non-hydrogen) atoms. The summed E-state index contributed by atoms with van der Waals surface area (Å²) in [5.41, 5.74) is 1.10. The minimum atomic E-state index is -0.285. The molecule has 0 atom stereocenters. The number of carbonyl (C=O) groups excluding carboxylic acids is 1. The van der Waals surface area contributed by atoms with Gasteiger partial charge < -0.3 is 10.4 Å². The van der Waals surface area contributed by atoms with Crippen molar-refractivity contribution in [3.8, 4) is 5.75 Å². The highest BCUT2D eigenvalue weighted by Crippen LogP contribution is 2.27. The van der Waals surface area contributed by atoms with E-state index in [-0.39, 0.29) is 11.7 Å². The second kappa shape index (κ2) is 6.24. The van der Waals surface area contributed by atoms with Gasteiger partial charge in [0.2, 0.25) is 0 Å². The van der Waals surface area contributed by atoms with Crippen molar-refractivity contribution in [2.75, 3.05) is 11.1 Å². The number of benzene rings is 1. The van der Waals surface area contributed by atoms with Gasteiger partial charge in [-0.3, -0.25) is 9.78 Å². The van der Waals surface area contributed by atoms with Crippen LogP contribution in [0.2, 0.25) is 0 Å². The first-order valence-electron chi connectivity index (χ1n) is 5.88. The lowest BCUT2D eigenvalue weighted by Crippen LogP contribution is -2.12. The van der Waals surface area contributed by atoms with E-state index in [0.29, 0.717) is 5.56 Å². The first kappa shape index (κ1) is 13.4. The number of aromatic hydroxyl groups is 1. The van der Waals surface area contributed by atoms with E-state index in [9.17, 15) is 9.90 Å². The Labute approximate surface area is 115 Å². The van der Waals surface area contributed by atoms with Gasteiger partial charge in [-0.2, -0.15) is 0 Å². The Morgan fingerprint density at radius 3 is 2.89 bits per heavy atom. The molecule has 0 bridgehead atoms. The molecule has 0 saturated heterocycles. The van der Waals surface area contributed by atoms with Crippen LogP contribution >= 0.6 is 11.8 Å². The van der Waals surface area contributed by atoms with Crippen LogP contribution in [0, 0.1) is 0 Å². The van der Waals surface area contributed by atoms with Crippen LogP contribution in [0.25, 0.3) is 0 Å². The SMILES string of the molecule is CCSc1ccccc1NC(=O)c1cncc(O)c1. The molecule has 2 N–H and O–H groups in total. The summed E-state index contributed by atoms with van der Waals surface area (Å²) in [4.78, 5) is 16.9.